The Bertz CT molecular complexity index is 680. The number of hydrogen-bond acceptors (Lipinski definition) is 2. The molecule has 0 radical (unpaired) electrons. The third-order valence-electron chi connectivity index (χ3n) is 8.67. The first-order valence-electron chi connectivity index (χ1n) is 17.3. The van der Waals surface area contributed by atoms with Crippen molar-refractivity contribution in [1.82, 2.24) is 0 Å². The second-order valence-corrected chi connectivity index (χ2v) is 12.3. The van der Waals surface area contributed by atoms with Crippen LogP contribution in [0.4, 0.5) is 5.69 Å². The van der Waals surface area contributed by atoms with Crippen molar-refractivity contribution in [2.75, 3.05) is 11.9 Å². The molecule has 1 N–H and O–H groups in total. The Kier molecular flexibility index (Phi) is 21.0. The highest BCUT2D eigenvalue weighted by atomic mass is 16.5. The SMILES string of the molecule is CCCCCCCCCCCCCCCCCCCCCC(=O)Nc1ccc(OCCC2CCCCC2)cc1. The molecule has 1 fully saturated rings. The molecule has 0 saturated heterocycles. The van der Waals surface area contributed by atoms with E-state index in [2.05, 4.69) is 12.2 Å². The van der Waals surface area contributed by atoms with E-state index in [9.17, 15) is 4.79 Å². The van der Waals surface area contributed by atoms with Gasteiger partial charge in [0.1, 0.15) is 5.75 Å². The molecule has 0 bridgehead atoms. The minimum Gasteiger partial charge on any atom is -0.494 e. The van der Waals surface area contributed by atoms with Crippen LogP contribution in [0.2, 0.25) is 0 Å². The normalized spacial score (nSPS) is 14.0. The molecular formula is C36H63NO2. The Labute approximate surface area is 242 Å². The lowest BCUT2D eigenvalue weighted by atomic mass is 9.87. The topological polar surface area (TPSA) is 38.3 Å². The summed E-state index contributed by atoms with van der Waals surface area (Å²) < 4.78 is 5.93. The molecule has 0 atom stereocenters. The monoisotopic (exact) mass is 541 g/mol. The van der Waals surface area contributed by atoms with E-state index in [1.165, 1.54) is 148 Å². The van der Waals surface area contributed by atoms with Crippen molar-refractivity contribution < 1.29 is 9.53 Å². The van der Waals surface area contributed by atoms with Crippen molar-refractivity contribution in [3.05, 3.63) is 24.3 Å². The van der Waals surface area contributed by atoms with Crippen molar-refractivity contribution in [2.45, 2.75) is 174 Å². The van der Waals surface area contributed by atoms with Gasteiger partial charge in [-0.2, -0.15) is 0 Å². The largest absolute Gasteiger partial charge is 0.494 e. The number of carbonyl (C=O) groups is 1. The smallest absolute Gasteiger partial charge is 0.224 e. The predicted octanol–water partition coefficient (Wildman–Crippen LogP) is 11.8. The van der Waals surface area contributed by atoms with Crippen LogP contribution in [0.1, 0.15) is 174 Å². The minimum absolute atomic E-state index is 0.132. The van der Waals surface area contributed by atoms with Gasteiger partial charge in [0.25, 0.3) is 0 Å². The number of nitrogens with one attached hydrogen (secondary N) is 1. The third kappa shape index (κ3) is 19.2. The number of rotatable bonds is 25. The van der Waals surface area contributed by atoms with Crippen molar-refractivity contribution in [1.29, 1.82) is 0 Å². The summed E-state index contributed by atoms with van der Waals surface area (Å²) >= 11 is 0. The molecule has 0 heterocycles. The van der Waals surface area contributed by atoms with Crippen LogP contribution in [-0.4, -0.2) is 12.5 Å². The van der Waals surface area contributed by atoms with Crippen LogP contribution < -0.4 is 10.1 Å². The van der Waals surface area contributed by atoms with Gasteiger partial charge in [0.15, 0.2) is 0 Å². The van der Waals surface area contributed by atoms with Gasteiger partial charge in [-0.25, -0.2) is 0 Å². The summed E-state index contributed by atoms with van der Waals surface area (Å²) in [7, 11) is 0. The van der Waals surface area contributed by atoms with Crippen LogP contribution >= 0.6 is 0 Å². The van der Waals surface area contributed by atoms with Gasteiger partial charge in [0.05, 0.1) is 6.61 Å². The van der Waals surface area contributed by atoms with Gasteiger partial charge >= 0.3 is 0 Å². The molecule has 1 aliphatic rings. The Morgan fingerprint density at radius 3 is 1.62 bits per heavy atom. The van der Waals surface area contributed by atoms with E-state index in [1.54, 1.807) is 0 Å². The fourth-order valence-corrected chi connectivity index (χ4v) is 6.04. The van der Waals surface area contributed by atoms with E-state index < -0.39 is 0 Å². The molecule has 1 aromatic rings. The Morgan fingerprint density at radius 1 is 0.667 bits per heavy atom. The number of amides is 1. The van der Waals surface area contributed by atoms with E-state index in [4.69, 9.17) is 4.74 Å². The van der Waals surface area contributed by atoms with Crippen molar-refractivity contribution in [3.63, 3.8) is 0 Å². The van der Waals surface area contributed by atoms with Gasteiger partial charge in [-0.3, -0.25) is 4.79 Å². The van der Waals surface area contributed by atoms with E-state index >= 15 is 0 Å². The lowest BCUT2D eigenvalue weighted by Crippen LogP contribution is -2.11. The van der Waals surface area contributed by atoms with Crippen LogP contribution in [0.25, 0.3) is 0 Å². The molecule has 3 heteroatoms. The maximum atomic E-state index is 12.3. The number of unbranched alkanes of at least 4 members (excludes halogenated alkanes) is 18. The quantitative estimate of drug-likeness (QED) is 0.125. The molecule has 0 spiro atoms. The van der Waals surface area contributed by atoms with E-state index in [0.717, 1.165) is 36.8 Å². The average Bonchev–Trinajstić information content (AvgIpc) is 2.96. The van der Waals surface area contributed by atoms with E-state index in [0.29, 0.717) is 6.42 Å². The van der Waals surface area contributed by atoms with Gasteiger partial charge in [0.2, 0.25) is 5.91 Å². The Hall–Kier alpha value is -1.51. The number of ether oxygens (including phenoxy) is 1. The van der Waals surface area contributed by atoms with E-state index in [-0.39, 0.29) is 5.91 Å². The molecule has 0 aliphatic heterocycles. The maximum absolute atomic E-state index is 12.3. The zero-order valence-electron chi connectivity index (χ0n) is 25.8. The number of hydrogen-bond donors (Lipinski definition) is 1. The van der Waals surface area contributed by atoms with Gasteiger partial charge in [-0.15, -0.1) is 0 Å². The summed E-state index contributed by atoms with van der Waals surface area (Å²) in [6, 6.07) is 7.89. The van der Waals surface area contributed by atoms with Gasteiger partial charge in [0, 0.05) is 12.1 Å². The molecular weight excluding hydrogens is 478 g/mol. The Balaban J connectivity index is 1.32. The lowest BCUT2D eigenvalue weighted by Gasteiger charge is -2.21. The first-order valence-corrected chi connectivity index (χ1v) is 17.3. The highest BCUT2D eigenvalue weighted by Crippen LogP contribution is 2.26. The second kappa shape index (κ2) is 24.3. The molecule has 39 heavy (non-hydrogen) atoms. The molecule has 0 unspecified atom stereocenters. The molecule has 1 aromatic carbocycles. The molecule has 2 rings (SSSR count). The zero-order chi connectivity index (χ0) is 27.6. The molecule has 1 amide bonds. The van der Waals surface area contributed by atoms with Crippen LogP contribution in [0.5, 0.6) is 5.75 Å². The van der Waals surface area contributed by atoms with E-state index in [1.807, 2.05) is 24.3 Å². The average molecular weight is 542 g/mol. The summed E-state index contributed by atoms with van der Waals surface area (Å²) in [5.74, 6) is 1.89. The fourth-order valence-electron chi connectivity index (χ4n) is 6.04. The summed E-state index contributed by atoms with van der Waals surface area (Å²) in [4.78, 5) is 12.3. The summed E-state index contributed by atoms with van der Waals surface area (Å²) in [6.45, 7) is 3.09. The van der Waals surface area contributed by atoms with Crippen molar-refractivity contribution in [2.24, 2.45) is 5.92 Å². The molecule has 1 aliphatic carbocycles. The predicted molar refractivity (Wildman–Crippen MR) is 170 cm³/mol. The third-order valence-corrected chi connectivity index (χ3v) is 8.67. The first-order chi connectivity index (χ1) is 19.3. The first kappa shape index (κ1) is 33.7. The molecule has 3 nitrogen and oxygen atoms in total. The van der Waals surface area contributed by atoms with Crippen molar-refractivity contribution >= 4 is 11.6 Å². The minimum atomic E-state index is 0.132. The molecule has 224 valence electrons. The van der Waals surface area contributed by atoms with Crippen LogP contribution in [0.3, 0.4) is 0 Å². The summed E-state index contributed by atoms with van der Waals surface area (Å²) in [6.07, 6.45) is 34.8. The molecule has 1 saturated carbocycles. The van der Waals surface area contributed by atoms with Gasteiger partial charge in [-0.1, -0.05) is 155 Å². The highest BCUT2D eigenvalue weighted by molar-refractivity contribution is 5.90. The van der Waals surface area contributed by atoms with Crippen LogP contribution in [0.15, 0.2) is 24.3 Å². The fraction of sp³-hybridized carbons (Fsp3) is 0.806. The number of benzene rings is 1. The van der Waals surface area contributed by atoms with Gasteiger partial charge < -0.3 is 10.1 Å². The Morgan fingerprint density at radius 2 is 1.13 bits per heavy atom. The number of anilines is 1. The van der Waals surface area contributed by atoms with Crippen LogP contribution in [0, 0.1) is 5.92 Å². The standard InChI is InChI=1S/C36H63NO2/c1-2-3-4-5-6-7-8-9-10-11-12-13-14-15-16-17-18-19-23-26-36(38)37-34-27-29-35(30-28-34)39-32-31-33-24-21-20-22-25-33/h27-30,33H,2-26,31-32H2,1H3,(H,37,38). The maximum Gasteiger partial charge on any atom is 0.224 e. The van der Waals surface area contributed by atoms with Crippen molar-refractivity contribution in [3.8, 4) is 5.75 Å². The summed E-state index contributed by atoms with van der Waals surface area (Å²) in [5, 5.41) is 3.04. The van der Waals surface area contributed by atoms with Gasteiger partial charge in [-0.05, 0) is 43.0 Å². The molecule has 0 aromatic heterocycles. The highest BCUT2D eigenvalue weighted by Gasteiger charge is 2.13. The second-order valence-electron chi connectivity index (χ2n) is 12.3. The summed E-state index contributed by atoms with van der Waals surface area (Å²) in [5.41, 5.74) is 0.873. The zero-order valence-corrected chi connectivity index (χ0v) is 25.8. The van der Waals surface area contributed by atoms with Crippen LogP contribution in [-0.2, 0) is 4.79 Å². The lowest BCUT2D eigenvalue weighted by molar-refractivity contribution is -0.116. The number of carbonyl (C=O) groups excluding carboxylic acids is 1.